The van der Waals surface area contributed by atoms with Crippen molar-refractivity contribution in [3.63, 3.8) is 0 Å². The number of hydrogen-bond donors (Lipinski definition) is 2. The molecule has 0 bridgehead atoms. The van der Waals surface area contributed by atoms with Crippen LogP contribution in [0.1, 0.15) is 4.88 Å². The summed E-state index contributed by atoms with van der Waals surface area (Å²) < 4.78 is 19.6. The van der Waals surface area contributed by atoms with E-state index in [2.05, 4.69) is 0 Å². The van der Waals surface area contributed by atoms with Gasteiger partial charge in [0.15, 0.2) is 9.79 Å². The number of thioether (sulfide) groups is 1. The average molecular weight is 437 g/mol. The Balaban J connectivity index is 2.10. The minimum atomic E-state index is -1.44. The Morgan fingerprint density at radius 1 is 1.26 bits per heavy atom. The first-order chi connectivity index (χ1) is 12.9. The van der Waals surface area contributed by atoms with E-state index in [9.17, 15) is 4.55 Å². The quantitative estimate of drug-likeness (QED) is 0.239. The van der Waals surface area contributed by atoms with Gasteiger partial charge in [0.05, 0.1) is 12.0 Å². The van der Waals surface area contributed by atoms with Gasteiger partial charge in [0.1, 0.15) is 15.8 Å². The molecular formula is C19H17ClN2O2S3. The van der Waals surface area contributed by atoms with E-state index in [0.717, 1.165) is 15.3 Å². The predicted molar refractivity (Wildman–Crippen MR) is 115 cm³/mol. The fourth-order valence-corrected chi connectivity index (χ4v) is 6.28. The molecule has 3 aromatic rings. The maximum Gasteiger partial charge on any atom is 0.183 e. The minimum absolute atomic E-state index is 0.0269. The largest absolute Gasteiger partial charge is 0.606 e. The lowest BCUT2D eigenvalue weighted by Crippen LogP contribution is -2.09. The Kier molecular flexibility index (Phi) is 6.39. The maximum absolute atomic E-state index is 13.3. The molecule has 3 rings (SSSR count). The Hall–Kier alpha value is -1.64. The number of methoxy groups -OCH3 is 1. The van der Waals surface area contributed by atoms with Gasteiger partial charge in [-0.1, -0.05) is 29.8 Å². The van der Waals surface area contributed by atoms with Gasteiger partial charge in [-0.15, -0.1) is 23.1 Å². The number of halogens is 1. The molecule has 2 aromatic carbocycles. The number of nitrogens with one attached hydrogen (secondary N) is 1. The SMILES string of the molecule is COc1cc(-c2ccccc2Cl)cc([S+]([O-])c2cc(C(=N)N)sc2SC)c1. The second-order valence-corrected chi connectivity index (χ2v) is 9.51. The number of ether oxygens (including phenoxy) is 1. The Morgan fingerprint density at radius 2 is 2.00 bits per heavy atom. The summed E-state index contributed by atoms with van der Waals surface area (Å²) in [5, 5.41) is 8.26. The third-order valence-corrected chi connectivity index (χ3v) is 8.11. The zero-order valence-electron chi connectivity index (χ0n) is 14.6. The number of hydrogen-bond acceptors (Lipinski definition) is 5. The molecule has 3 N–H and O–H groups in total. The molecule has 0 aliphatic rings. The average Bonchev–Trinajstić information content (AvgIpc) is 3.12. The number of benzene rings is 2. The van der Waals surface area contributed by atoms with E-state index >= 15 is 0 Å². The molecule has 1 aromatic heterocycles. The van der Waals surface area contributed by atoms with Gasteiger partial charge in [-0.25, -0.2) is 0 Å². The van der Waals surface area contributed by atoms with E-state index in [4.69, 9.17) is 27.5 Å². The zero-order valence-corrected chi connectivity index (χ0v) is 17.8. The van der Waals surface area contributed by atoms with Crippen molar-refractivity contribution in [1.29, 1.82) is 5.41 Å². The first-order valence-electron chi connectivity index (χ1n) is 7.82. The van der Waals surface area contributed by atoms with Crippen LogP contribution in [0, 0.1) is 5.41 Å². The lowest BCUT2D eigenvalue weighted by Gasteiger charge is -2.13. The highest BCUT2D eigenvalue weighted by molar-refractivity contribution is 8.01. The molecular weight excluding hydrogens is 420 g/mol. The molecule has 0 amide bonds. The molecule has 1 atom stereocenters. The molecule has 4 nitrogen and oxygen atoms in total. The molecule has 0 saturated heterocycles. The molecule has 140 valence electrons. The molecule has 1 heterocycles. The van der Waals surface area contributed by atoms with Crippen LogP contribution in [0.4, 0.5) is 0 Å². The normalized spacial score (nSPS) is 12.0. The van der Waals surface area contributed by atoms with Crippen LogP contribution in [-0.4, -0.2) is 23.8 Å². The highest BCUT2D eigenvalue weighted by Crippen LogP contribution is 2.39. The van der Waals surface area contributed by atoms with E-state index in [1.807, 2.05) is 42.7 Å². The van der Waals surface area contributed by atoms with Crippen LogP contribution in [0.25, 0.3) is 11.1 Å². The van der Waals surface area contributed by atoms with Gasteiger partial charge in [-0.3, -0.25) is 5.41 Å². The van der Waals surface area contributed by atoms with Crippen molar-refractivity contribution in [1.82, 2.24) is 0 Å². The van der Waals surface area contributed by atoms with Crippen molar-refractivity contribution in [2.24, 2.45) is 5.73 Å². The highest BCUT2D eigenvalue weighted by Gasteiger charge is 2.25. The molecule has 0 aliphatic heterocycles. The Labute approximate surface area is 174 Å². The van der Waals surface area contributed by atoms with Crippen LogP contribution in [0.15, 0.2) is 62.5 Å². The van der Waals surface area contributed by atoms with Gasteiger partial charge in [-0.2, -0.15) is 0 Å². The van der Waals surface area contributed by atoms with Crippen LogP contribution in [0.3, 0.4) is 0 Å². The van der Waals surface area contributed by atoms with Crippen molar-refractivity contribution in [3.05, 3.63) is 58.4 Å². The second kappa shape index (κ2) is 8.58. The van der Waals surface area contributed by atoms with Gasteiger partial charge in [0.25, 0.3) is 0 Å². The van der Waals surface area contributed by atoms with Crippen LogP contribution >= 0.6 is 34.7 Å². The molecule has 0 fully saturated rings. The highest BCUT2D eigenvalue weighted by atomic mass is 35.5. The fourth-order valence-electron chi connectivity index (χ4n) is 2.54. The summed E-state index contributed by atoms with van der Waals surface area (Å²) in [6.45, 7) is 0. The molecule has 0 saturated carbocycles. The number of rotatable bonds is 6. The van der Waals surface area contributed by atoms with Gasteiger partial charge >= 0.3 is 0 Å². The summed E-state index contributed by atoms with van der Waals surface area (Å²) in [7, 11) is 1.57. The summed E-state index contributed by atoms with van der Waals surface area (Å²) in [6, 6.07) is 14.7. The third kappa shape index (κ3) is 4.28. The van der Waals surface area contributed by atoms with Crippen LogP contribution in [0.5, 0.6) is 5.75 Å². The number of nitrogens with two attached hydrogens (primary N) is 1. The van der Waals surface area contributed by atoms with Gasteiger partial charge in [0.2, 0.25) is 0 Å². The first kappa shape index (κ1) is 20.1. The first-order valence-corrected chi connectivity index (χ1v) is 11.4. The summed E-state index contributed by atoms with van der Waals surface area (Å²) in [4.78, 5) is 1.86. The van der Waals surface area contributed by atoms with Gasteiger partial charge < -0.3 is 15.0 Å². The molecule has 1 unspecified atom stereocenters. The number of amidine groups is 1. The van der Waals surface area contributed by atoms with Crippen molar-refractivity contribution < 1.29 is 9.29 Å². The monoisotopic (exact) mass is 436 g/mol. The van der Waals surface area contributed by atoms with Crippen molar-refractivity contribution in [3.8, 4) is 16.9 Å². The minimum Gasteiger partial charge on any atom is -0.606 e. The van der Waals surface area contributed by atoms with Crippen LogP contribution in [0.2, 0.25) is 5.02 Å². The summed E-state index contributed by atoms with van der Waals surface area (Å²) >= 11 is 7.75. The zero-order chi connectivity index (χ0) is 19.6. The van der Waals surface area contributed by atoms with E-state index in [0.29, 0.717) is 25.4 Å². The topological polar surface area (TPSA) is 82.2 Å². The number of nitrogen functional groups attached to an aromatic ring is 1. The lowest BCUT2D eigenvalue weighted by molar-refractivity contribution is 0.413. The Bertz CT molecular complexity index is 991. The van der Waals surface area contributed by atoms with Crippen molar-refractivity contribution in [2.75, 3.05) is 13.4 Å². The van der Waals surface area contributed by atoms with Crippen LogP contribution < -0.4 is 10.5 Å². The van der Waals surface area contributed by atoms with Crippen LogP contribution in [-0.2, 0) is 11.2 Å². The standard InChI is InChI=1S/C19H17ClN2O2S3/c1-24-12-7-11(14-5-3-4-6-15(14)20)8-13(9-12)27(23)17-10-16(18(21)22)26-19(17)25-2/h3-10H,1-2H3,(H3,21,22). The van der Waals surface area contributed by atoms with Gasteiger partial charge in [-0.05, 0) is 24.0 Å². The van der Waals surface area contributed by atoms with E-state index < -0.39 is 11.2 Å². The second-order valence-electron chi connectivity index (χ2n) is 5.53. The third-order valence-electron chi connectivity index (χ3n) is 3.83. The molecule has 0 spiro atoms. The molecule has 0 radical (unpaired) electrons. The lowest BCUT2D eigenvalue weighted by atomic mass is 10.1. The predicted octanol–water partition coefficient (Wildman–Crippen LogP) is 5.25. The van der Waals surface area contributed by atoms with E-state index in [1.54, 1.807) is 19.2 Å². The fraction of sp³-hybridized carbons (Fsp3) is 0.105. The Morgan fingerprint density at radius 3 is 2.63 bits per heavy atom. The molecule has 0 aliphatic carbocycles. The van der Waals surface area contributed by atoms with E-state index in [1.165, 1.54) is 23.1 Å². The van der Waals surface area contributed by atoms with E-state index in [-0.39, 0.29) is 5.84 Å². The molecule has 8 heteroatoms. The molecule has 27 heavy (non-hydrogen) atoms. The summed E-state index contributed by atoms with van der Waals surface area (Å²) in [5.41, 5.74) is 7.28. The maximum atomic E-state index is 13.3. The smallest absolute Gasteiger partial charge is 0.183 e. The van der Waals surface area contributed by atoms with Crippen molar-refractivity contribution in [2.45, 2.75) is 14.0 Å². The number of thiophene rings is 1. The van der Waals surface area contributed by atoms with Crippen molar-refractivity contribution >= 4 is 51.7 Å². The summed E-state index contributed by atoms with van der Waals surface area (Å²) in [6.07, 6.45) is 1.91. The summed E-state index contributed by atoms with van der Waals surface area (Å²) in [5.74, 6) is 0.574. The van der Waals surface area contributed by atoms with Gasteiger partial charge in [0, 0.05) is 40.0 Å².